The summed E-state index contributed by atoms with van der Waals surface area (Å²) < 4.78 is 5.85. The Hall–Kier alpha value is -0.0800. The molecule has 0 aromatic rings. The highest BCUT2D eigenvalue weighted by Gasteiger charge is 2.07. The molecule has 0 unspecified atom stereocenters. The molecule has 1 atom stereocenters. The van der Waals surface area contributed by atoms with Crippen molar-refractivity contribution in [1.82, 2.24) is 0 Å². The molecule has 0 aromatic heterocycles. The van der Waals surface area contributed by atoms with E-state index in [1.807, 2.05) is 0 Å². The van der Waals surface area contributed by atoms with Crippen LogP contribution in [0, 0.1) is 0 Å². The lowest BCUT2D eigenvalue weighted by Gasteiger charge is -2.16. The van der Waals surface area contributed by atoms with Gasteiger partial charge in [0, 0.05) is 6.61 Å². The summed E-state index contributed by atoms with van der Waals surface area (Å²) in [6.45, 7) is 6.13. The van der Waals surface area contributed by atoms with Crippen molar-refractivity contribution in [2.45, 2.75) is 71.3 Å². The molecule has 92 valence electrons. The van der Waals surface area contributed by atoms with Crippen molar-refractivity contribution in [2.75, 3.05) is 13.2 Å². The van der Waals surface area contributed by atoms with Gasteiger partial charge in [0.2, 0.25) is 0 Å². The van der Waals surface area contributed by atoms with E-state index in [1.54, 1.807) is 0 Å². The second kappa shape index (κ2) is 12.0. The summed E-state index contributed by atoms with van der Waals surface area (Å²) in [5.41, 5.74) is 5.58. The van der Waals surface area contributed by atoms with Crippen LogP contribution in [0.1, 0.15) is 65.2 Å². The first-order valence-electron chi connectivity index (χ1n) is 6.66. The maximum Gasteiger partial charge on any atom is 0.0587 e. The van der Waals surface area contributed by atoms with Gasteiger partial charge in [-0.25, -0.2) is 0 Å². The molecule has 0 saturated heterocycles. The summed E-state index contributed by atoms with van der Waals surface area (Å²) in [5, 5.41) is 0. The first-order chi connectivity index (χ1) is 7.35. The van der Waals surface area contributed by atoms with E-state index in [4.69, 9.17) is 10.5 Å². The third-order valence-corrected chi connectivity index (χ3v) is 2.72. The number of hydrogen-bond acceptors (Lipinski definition) is 2. The molecule has 0 spiro atoms. The molecule has 2 N–H and O–H groups in total. The van der Waals surface area contributed by atoms with Gasteiger partial charge in [-0.2, -0.15) is 0 Å². The Labute approximate surface area is 95.6 Å². The fraction of sp³-hybridized carbons (Fsp3) is 1.00. The highest BCUT2D eigenvalue weighted by molar-refractivity contribution is 4.59. The Morgan fingerprint density at radius 3 is 2.20 bits per heavy atom. The average Bonchev–Trinajstić information content (AvgIpc) is 2.24. The first-order valence-corrected chi connectivity index (χ1v) is 6.66. The third-order valence-electron chi connectivity index (χ3n) is 2.72. The minimum Gasteiger partial charge on any atom is -0.378 e. The number of rotatable bonds is 11. The minimum absolute atomic E-state index is 0.415. The predicted molar refractivity (Wildman–Crippen MR) is 67.1 cm³/mol. The zero-order valence-corrected chi connectivity index (χ0v) is 10.6. The Morgan fingerprint density at radius 1 is 0.933 bits per heavy atom. The molecule has 0 radical (unpaired) electrons. The van der Waals surface area contributed by atoms with E-state index in [0.29, 0.717) is 6.10 Å². The quantitative estimate of drug-likeness (QED) is 0.535. The molecular formula is C13H29NO. The Balaban J connectivity index is 3.44. The van der Waals surface area contributed by atoms with E-state index >= 15 is 0 Å². The first kappa shape index (κ1) is 14.9. The maximum absolute atomic E-state index is 5.85. The van der Waals surface area contributed by atoms with Gasteiger partial charge in [0.1, 0.15) is 0 Å². The average molecular weight is 215 g/mol. The topological polar surface area (TPSA) is 35.2 Å². The number of nitrogens with two attached hydrogens (primary N) is 1. The van der Waals surface area contributed by atoms with E-state index in [-0.39, 0.29) is 0 Å². The largest absolute Gasteiger partial charge is 0.378 e. The van der Waals surface area contributed by atoms with Gasteiger partial charge in [0.25, 0.3) is 0 Å². The highest BCUT2D eigenvalue weighted by Crippen LogP contribution is 2.10. The molecule has 0 saturated carbocycles. The lowest BCUT2D eigenvalue weighted by molar-refractivity contribution is 0.0393. The van der Waals surface area contributed by atoms with Crippen molar-refractivity contribution < 1.29 is 4.74 Å². The smallest absolute Gasteiger partial charge is 0.0587 e. The Kier molecular flexibility index (Phi) is 11.9. The van der Waals surface area contributed by atoms with Gasteiger partial charge in [-0.05, 0) is 25.8 Å². The van der Waals surface area contributed by atoms with Crippen LogP contribution in [0.2, 0.25) is 0 Å². The summed E-state index contributed by atoms with van der Waals surface area (Å²) >= 11 is 0. The fourth-order valence-electron chi connectivity index (χ4n) is 1.72. The van der Waals surface area contributed by atoms with Gasteiger partial charge in [0.05, 0.1) is 6.10 Å². The van der Waals surface area contributed by atoms with Crippen LogP contribution in [0.15, 0.2) is 0 Å². The SMILES string of the molecule is CCCCCO[C@H](CCN)CCCCC. The molecule has 0 aliphatic heterocycles. The van der Waals surface area contributed by atoms with Crippen LogP contribution in [-0.2, 0) is 4.74 Å². The monoisotopic (exact) mass is 215 g/mol. The second-order valence-corrected chi connectivity index (χ2v) is 4.27. The molecule has 0 aliphatic rings. The lowest BCUT2D eigenvalue weighted by atomic mass is 10.1. The molecular weight excluding hydrogens is 186 g/mol. The summed E-state index contributed by atoms with van der Waals surface area (Å²) in [4.78, 5) is 0. The normalized spacial score (nSPS) is 13.0. The third kappa shape index (κ3) is 10.2. The summed E-state index contributed by atoms with van der Waals surface area (Å²) in [6.07, 6.45) is 10.3. The summed E-state index contributed by atoms with van der Waals surface area (Å²) in [5.74, 6) is 0. The lowest BCUT2D eigenvalue weighted by Crippen LogP contribution is -2.18. The predicted octanol–water partition coefficient (Wildman–Crippen LogP) is 3.49. The van der Waals surface area contributed by atoms with Crippen molar-refractivity contribution in [3.63, 3.8) is 0 Å². The molecule has 0 fully saturated rings. The van der Waals surface area contributed by atoms with Crippen molar-refractivity contribution in [3.8, 4) is 0 Å². The van der Waals surface area contributed by atoms with Crippen LogP contribution in [0.25, 0.3) is 0 Å². The molecule has 0 bridgehead atoms. The zero-order valence-electron chi connectivity index (χ0n) is 10.6. The minimum atomic E-state index is 0.415. The fourth-order valence-corrected chi connectivity index (χ4v) is 1.72. The van der Waals surface area contributed by atoms with Gasteiger partial charge in [-0.15, -0.1) is 0 Å². The van der Waals surface area contributed by atoms with E-state index in [2.05, 4.69) is 13.8 Å². The van der Waals surface area contributed by atoms with Crippen molar-refractivity contribution in [3.05, 3.63) is 0 Å². The van der Waals surface area contributed by atoms with Crippen LogP contribution in [0.4, 0.5) is 0 Å². The maximum atomic E-state index is 5.85. The highest BCUT2D eigenvalue weighted by atomic mass is 16.5. The number of hydrogen-bond donors (Lipinski definition) is 1. The van der Waals surface area contributed by atoms with Crippen molar-refractivity contribution >= 4 is 0 Å². The summed E-state index contributed by atoms with van der Waals surface area (Å²) in [7, 11) is 0. The van der Waals surface area contributed by atoms with Gasteiger partial charge in [-0.1, -0.05) is 46.0 Å². The second-order valence-electron chi connectivity index (χ2n) is 4.27. The van der Waals surface area contributed by atoms with Gasteiger partial charge in [0.15, 0.2) is 0 Å². The van der Waals surface area contributed by atoms with Crippen molar-refractivity contribution in [2.24, 2.45) is 5.73 Å². The summed E-state index contributed by atoms with van der Waals surface area (Å²) in [6, 6.07) is 0. The standard InChI is InChI=1S/C13H29NO/c1-3-5-7-9-13(10-11-14)15-12-8-6-4-2/h13H,3-12,14H2,1-2H3/t13-/m0/s1. The molecule has 0 amide bonds. The van der Waals surface area contributed by atoms with E-state index in [0.717, 1.165) is 19.6 Å². The van der Waals surface area contributed by atoms with Crippen LogP contribution < -0.4 is 5.73 Å². The van der Waals surface area contributed by atoms with E-state index in [1.165, 1.54) is 44.9 Å². The zero-order chi connectivity index (χ0) is 11.4. The van der Waals surface area contributed by atoms with E-state index in [9.17, 15) is 0 Å². The Morgan fingerprint density at radius 2 is 1.60 bits per heavy atom. The molecule has 2 heteroatoms. The van der Waals surface area contributed by atoms with Crippen LogP contribution in [0.3, 0.4) is 0 Å². The van der Waals surface area contributed by atoms with Crippen LogP contribution in [0.5, 0.6) is 0 Å². The molecule has 0 heterocycles. The van der Waals surface area contributed by atoms with E-state index < -0.39 is 0 Å². The van der Waals surface area contributed by atoms with Crippen LogP contribution >= 0.6 is 0 Å². The van der Waals surface area contributed by atoms with Crippen LogP contribution in [-0.4, -0.2) is 19.3 Å². The molecule has 0 aromatic carbocycles. The molecule has 2 nitrogen and oxygen atoms in total. The number of ether oxygens (including phenoxy) is 1. The van der Waals surface area contributed by atoms with Gasteiger partial charge >= 0.3 is 0 Å². The van der Waals surface area contributed by atoms with Crippen molar-refractivity contribution in [1.29, 1.82) is 0 Å². The molecule has 0 aliphatic carbocycles. The van der Waals surface area contributed by atoms with Gasteiger partial charge < -0.3 is 10.5 Å². The molecule has 15 heavy (non-hydrogen) atoms. The number of unbranched alkanes of at least 4 members (excludes halogenated alkanes) is 4. The van der Waals surface area contributed by atoms with Gasteiger partial charge in [-0.3, -0.25) is 0 Å². The molecule has 0 rings (SSSR count). The Bertz CT molecular complexity index is 117.